The molecule has 0 aliphatic carbocycles. The van der Waals surface area contributed by atoms with Crippen LogP contribution in [0.2, 0.25) is 0 Å². The molecule has 0 amide bonds. The zero-order chi connectivity index (χ0) is 21.9. The van der Waals surface area contributed by atoms with Gasteiger partial charge in [0.1, 0.15) is 5.75 Å². The molecule has 5 heteroatoms. The first-order valence-electron chi connectivity index (χ1n) is 10.4. The van der Waals surface area contributed by atoms with Gasteiger partial charge in [0.25, 0.3) is 5.56 Å². The number of nitrogens with zero attached hydrogens (tertiary/aromatic N) is 2. The molecule has 158 valence electrons. The van der Waals surface area contributed by atoms with Crippen molar-refractivity contribution in [1.82, 2.24) is 9.55 Å². The Kier molecular flexibility index (Phi) is 5.65. The van der Waals surface area contributed by atoms with Gasteiger partial charge in [0.05, 0.1) is 24.6 Å². The van der Waals surface area contributed by atoms with Crippen LogP contribution in [0, 0.1) is 0 Å². The molecule has 0 spiro atoms. The van der Waals surface area contributed by atoms with E-state index in [0.29, 0.717) is 22.8 Å². The van der Waals surface area contributed by atoms with E-state index in [1.165, 1.54) is 0 Å². The highest BCUT2D eigenvalue weighted by Gasteiger charge is 2.14. The van der Waals surface area contributed by atoms with Gasteiger partial charge in [-0.1, -0.05) is 78.5 Å². The van der Waals surface area contributed by atoms with Crippen LogP contribution in [0.15, 0.2) is 101 Å². The largest absolute Gasteiger partial charge is 0.497 e. The van der Waals surface area contributed by atoms with Gasteiger partial charge in [0.15, 0.2) is 5.16 Å². The SMILES string of the molecule is COc1cccc(CSc2nc3cc4ccccc4cc3c(=O)n2Cc2ccccc2)c1. The fourth-order valence-corrected chi connectivity index (χ4v) is 4.76. The molecule has 0 saturated heterocycles. The molecule has 5 rings (SSSR count). The lowest BCUT2D eigenvalue weighted by Gasteiger charge is -2.14. The van der Waals surface area contributed by atoms with Gasteiger partial charge in [-0.05, 0) is 46.2 Å². The molecule has 4 aromatic carbocycles. The van der Waals surface area contributed by atoms with Crippen LogP contribution < -0.4 is 10.3 Å². The molecule has 0 radical (unpaired) electrons. The van der Waals surface area contributed by atoms with Crippen molar-refractivity contribution < 1.29 is 4.74 Å². The molecule has 32 heavy (non-hydrogen) atoms. The lowest BCUT2D eigenvalue weighted by atomic mass is 10.1. The van der Waals surface area contributed by atoms with Crippen molar-refractivity contribution in [2.24, 2.45) is 0 Å². The second-order valence-electron chi connectivity index (χ2n) is 7.63. The van der Waals surface area contributed by atoms with Gasteiger partial charge in [-0.3, -0.25) is 9.36 Å². The maximum atomic E-state index is 13.6. The number of hydrogen-bond acceptors (Lipinski definition) is 4. The third-order valence-corrected chi connectivity index (χ3v) is 6.52. The van der Waals surface area contributed by atoms with Crippen molar-refractivity contribution in [3.63, 3.8) is 0 Å². The van der Waals surface area contributed by atoms with E-state index in [0.717, 1.165) is 33.2 Å². The Hall–Kier alpha value is -3.57. The zero-order valence-corrected chi connectivity index (χ0v) is 18.5. The topological polar surface area (TPSA) is 44.1 Å². The second-order valence-corrected chi connectivity index (χ2v) is 8.57. The van der Waals surface area contributed by atoms with Crippen LogP contribution in [-0.4, -0.2) is 16.7 Å². The van der Waals surface area contributed by atoms with Crippen molar-refractivity contribution in [1.29, 1.82) is 0 Å². The molecule has 0 fully saturated rings. The molecule has 1 aromatic heterocycles. The highest BCUT2D eigenvalue weighted by Crippen LogP contribution is 2.26. The Morgan fingerprint density at radius 3 is 2.34 bits per heavy atom. The third-order valence-electron chi connectivity index (χ3n) is 5.47. The number of thioether (sulfide) groups is 1. The fourth-order valence-electron chi connectivity index (χ4n) is 3.81. The molecule has 0 saturated carbocycles. The van der Waals surface area contributed by atoms with Gasteiger partial charge >= 0.3 is 0 Å². The minimum atomic E-state index is -0.0160. The molecule has 0 aliphatic rings. The number of hydrogen-bond donors (Lipinski definition) is 0. The molecule has 1 heterocycles. The van der Waals surface area contributed by atoms with E-state index in [-0.39, 0.29) is 5.56 Å². The zero-order valence-electron chi connectivity index (χ0n) is 17.7. The van der Waals surface area contributed by atoms with Crippen molar-refractivity contribution in [3.8, 4) is 5.75 Å². The van der Waals surface area contributed by atoms with E-state index >= 15 is 0 Å². The van der Waals surface area contributed by atoms with E-state index in [1.807, 2.05) is 78.9 Å². The van der Waals surface area contributed by atoms with E-state index in [4.69, 9.17) is 9.72 Å². The van der Waals surface area contributed by atoms with Crippen molar-refractivity contribution in [2.45, 2.75) is 17.5 Å². The van der Waals surface area contributed by atoms with E-state index in [1.54, 1.807) is 23.4 Å². The molecular weight excluding hydrogens is 416 g/mol. The number of benzene rings is 4. The fraction of sp³-hybridized carbons (Fsp3) is 0.111. The average molecular weight is 439 g/mol. The Morgan fingerprint density at radius 2 is 1.56 bits per heavy atom. The first-order valence-corrected chi connectivity index (χ1v) is 11.4. The number of methoxy groups -OCH3 is 1. The molecule has 4 nitrogen and oxygen atoms in total. The number of fused-ring (bicyclic) bond motifs is 2. The Balaban J connectivity index is 1.61. The van der Waals surface area contributed by atoms with Crippen LogP contribution in [0.3, 0.4) is 0 Å². The highest BCUT2D eigenvalue weighted by molar-refractivity contribution is 7.98. The monoisotopic (exact) mass is 438 g/mol. The van der Waals surface area contributed by atoms with E-state index < -0.39 is 0 Å². The molecule has 0 atom stereocenters. The summed E-state index contributed by atoms with van der Waals surface area (Å²) in [7, 11) is 1.67. The maximum Gasteiger partial charge on any atom is 0.262 e. The van der Waals surface area contributed by atoms with Crippen LogP contribution in [0.4, 0.5) is 0 Å². The Bertz CT molecular complexity index is 1460. The summed E-state index contributed by atoms with van der Waals surface area (Å²) in [5, 5.41) is 3.48. The smallest absolute Gasteiger partial charge is 0.262 e. The highest BCUT2D eigenvalue weighted by atomic mass is 32.2. The molecule has 0 bridgehead atoms. The maximum absolute atomic E-state index is 13.6. The number of aromatic nitrogens is 2. The van der Waals surface area contributed by atoms with Gasteiger partial charge in [0.2, 0.25) is 0 Å². The predicted molar refractivity (Wildman–Crippen MR) is 132 cm³/mol. The molecule has 0 unspecified atom stereocenters. The summed E-state index contributed by atoms with van der Waals surface area (Å²) in [6, 6.07) is 30.1. The van der Waals surface area contributed by atoms with Crippen LogP contribution in [0.25, 0.3) is 21.7 Å². The summed E-state index contributed by atoms with van der Waals surface area (Å²) < 4.78 is 7.14. The van der Waals surface area contributed by atoms with Crippen molar-refractivity contribution in [2.75, 3.05) is 7.11 Å². The lowest BCUT2D eigenvalue weighted by molar-refractivity contribution is 0.414. The van der Waals surface area contributed by atoms with Crippen LogP contribution in [0.1, 0.15) is 11.1 Å². The van der Waals surface area contributed by atoms with E-state index in [2.05, 4.69) is 12.1 Å². The molecule has 0 aliphatic heterocycles. The summed E-state index contributed by atoms with van der Waals surface area (Å²) in [5.41, 5.74) is 2.90. The Labute approximate surface area is 190 Å². The van der Waals surface area contributed by atoms with Gasteiger partial charge in [0, 0.05) is 5.75 Å². The lowest BCUT2D eigenvalue weighted by Crippen LogP contribution is -2.24. The van der Waals surface area contributed by atoms with Gasteiger partial charge in [-0.25, -0.2) is 4.98 Å². The summed E-state index contributed by atoms with van der Waals surface area (Å²) in [4.78, 5) is 18.5. The first-order chi connectivity index (χ1) is 15.7. The summed E-state index contributed by atoms with van der Waals surface area (Å²) in [6.07, 6.45) is 0. The Morgan fingerprint density at radius 1 is 0.844 bits per heavy atom. The normalized spacial score (nSPS) is 11.2. The standard InChI is InChI=1S/C27H22N2O2S/c1-31-23-13-7-10-20(14-23)18-32-27-28-25-16-22-12-6-5-11-21(22)15-24(25)26(30)29(27)17-19-8-3-2-4-9-19/h2-16H,17-18H2,1H3. The van der Waals surface area contributed by atoms with Gasteiger partial charge < -0.3 is 4.74 Å². The molecular formula is C27H22N2O2S. The summed E-state index contributed by atoms with van der Waals surface area (Å²) >= 11 is 1.57. The molecule has 0 N–H and O–H groups in total. The van der Waals surface area contributed by atoms with Gasteiger partial charge in [-0.15, -0.1) is 0 Å². The average Bonchev–Trinajstić information content (AvgIpc) is 2.84. The summed E-state index contributed by atoms with van der Waals surface area (Å²) in [5.74, 6) is 1.51. The number of rotatable bonds is 6. The first kappa shape index (κ1) is 20.3. The van der Waals surface area contributed by atoms with Crippen LogP contribution >= 0.6 is 11.8 Å². The minimum absolute atomic E-state index is 0.0160. The minimum Gasteiger partial charge on any atom is -0.497 e. The van der Waals surface area contributed by atoms with Crippen LogP contribution in [-0.2, 0) is 12.3 Å². The third kappa shape index (κ3) is 4.12. The van der Waals surface area contributed by atoms with Crippen molar-refractivity contribution in [3.05, 3.63) is 112 Å². The predicted octanol–water partition coefficient (Wildman–Crippen LogP) is 5.90. The molecule has 5 aromatic rings. The number of ether oxygens (including phenoxy) is 1. The summed E-state index contributed by atoms with van der Waals surface area (Å²) in [6.45, 7) is 0.482. The second kappa shape index (κ2) is 8.89. The van der Waals surface area contributed by atoms with Crippen LogP contribution in [0.5, 0.6) is 5.75 Å². The quantitative estimate of drug-likeness (QED) is 0.188. The van der Waals surface area contributed by atoms with Gasteiger partial charge in [-0.2, -0.15) is 0 Å². The van der Waals surface area contributed by atoms with Crippen molar-refractivity contribution >= 4 is 33.4 Å². The van der Waals surface area contributed by atoms with E-state index in [9.17, 15) is 4.79 Å².